The van der Waals surface area contributed by atoms with Crippen molar-refractivity contribution in [3.63, 3.8) is 0 Å². The highest BCUT2D eigenvalue weighted by Gasteiger charge is 2.20. The van der Waals surface area contributed by atoms with E-state index in [1.54, 1.807) is 0 Å². The number of rotatable bonds is 2. The van der Waals surface area contributed by atoms with Crippen molar-refractivity contribution in [1.82, 2.24) is 9.55 Å². The molecule has 106 valence electrons. The van der Waals surface area contributed by atoms with Gasteiger partial charge in [0.05, 0.1) is 11.3 Å². The average molecular weight is 289 g/mol. The minimum Gasteiger partial charge on any atom is -0.375 e. The predicted octanol–water partition coefficient (Wildman–Crippen LogP) is 3.01. The summed E-state index contributed by atoms with van der Waals surface area (Å²) < 4.78 is 1.94. The molecule has 0 fully saturated rings. The SMILES string of the molecule is CC(C)n1c2c(cc(-c3csc(N)n3)c1=O)CCCC2. The summed E-state index contributed by atoms with van der Waals surface area (Å²) in [7, 11) is 0. The highest BCUT2D eigenvalue weighted by Crippen LogP contribution is 2.27. The summed E-state index contributed by atoms with van der Waals surface area (Å²) in [5, 5.41) is 2.37. The first kappa shape index (κ1) is 13.4. The number of aryl methyl sites for hydroxylation is 1. The lowest BCUT2D eigenvalue weighted by atomic mass is 9.93. The summed E-state index contributed by atoms with van der Waals surface area (Å²) >= 11 is 1.38. The number of nitrogens with zero attached hydrogens (tertiary/aromatic N) is 2. The number of nitrogen functional groups attached to an aromatic ring is 1. The van der Waals surface area contributed by atoms with E-state index in [4.69, 9.17) is 5.73 Å². The Kier molecular flexibility index (Phi) is 3.38. The average Bonchev–Trinajstić information content (AvgIpc) is 2.84. The Balaban J connectivity index is 2.26. The van der Waals surface area contributed by atoms with Crippen molar-refractivity contribution >= 4 is 16.5 Å². The Bertz CT molecular complexity index is 700. The van der Waals surface area contributed by atoms with Crippen LogP contribution in [0.5, 0.6) is 0 Å². The minimum atomic E-state index is 0.0611. The van der Waals surface area contributed by atoms with Gasteiger partial charge in [0.25, 0.3) is 5.56 Å². The van der Waals surface area contributed by atoms with Crippen LogP contribution in [0, 0.1) is 0 Å². The molecule has 2 aromatic rings. The van der Waals surface area contributed by atoms with Gasteiger partial charge in [0.15, 0.2) is 5.13 Å². The molecule has 0 saturated carbocycles. The molecule has 2 N–H and O–H groups in total. The standard InChI is InChI=1S/C15H19N3OS/c1-9(2)18-13-6-4-3-5-10(13)7-11(14(18)19)12-8-20-15(16)17-12/h7-9H,3-6H2,1-2H3,(H2,16,17). The van der Waals surface area contributed by atoms with E-state index in [1.165, 1.54) is 35.4 Å². The Morgan fingerprint density at radius 3 is 2.75 bits per heavy atom. The third-order valence-electron chi connectivity index (χ3n) is 3.85. The highest BCUT2D eigenvalue weighted by molar-refractivity contribution is 7.13. The van der Waals surface area contributed by atoms with Crippen LogP contribution in [0.25, 0.3) is 11.3 Å². The van der Waals surface area contributed by atoms with E-state index in [9.17, 15) is 4.79 Å². The Morgan fingerprint density at radius 2 is 2.10 bits per heavy atom. The molecule has 4 nitrogen and oxygen atoms in total. The van der Waals surface area contributed by atoms with Gasteiger partial charge in [-0.2, -0.15) is 0 Å². The van der Waals surface area contributed by atoms with Crippen LogP contribution in [0.1, 0.15) is 44.0 Å². The van der Waals surface area contributed by atoms with Crippen LogP contribution in [0.4, 0.5) is 5.13 Å². The molecule has 0 bridgehead atoms. The number of fused-ring (bicyclic) bond motifs is 1. The van der Waals surface area contributed by atoms with Crippen LogP contribution in [0.2, 0.25) is 0 Å². The summed E-state index contributed by atoms with van der Waals surface area (Å²) in [4.78, 5) is 17.1. The van der Waals surface area contributed by atoms with Crippen LogP contribution in [-0.4, -0.2) is 9.55 Å². The largest absolute Gasteiger partial charge is 0.375 e. The molecule has 0 amide bonds. The van der Waals surface area contributed by atoms with Gasteiger partial charge in [-0.25, -0.2) is 4.98 Å². The Morgan fingerprint density at radius 1 is 1.35 bits per heavy atom. The molecular formula is C15H19N3OS. The van der Waals surface area contributed by atoms with Crippen LogP contribution in [0.3, 0.4) is 0 Å². The summed E-state index contributed by atoms with van der Waals surface area (Å²) in [6.07, 6.45) is 4.42. The van der Waals surface area contributed by atoms with Crippen molar-refractivity contribution in [2.45, 2.75) is 45.6 Å². The molecular weight excluding hydrogens is 270 g/mol. The maximum atomic E-state index is 12.8. The van der Waals surface area contributed by atoms with Gasteiger partial charge in [0, 0.05) is 17.1 Å². The number of pyridine rings is 1. The van der Waals surface area contributed by atoms with Gasteiger partial charge in [-0.05, 0) is 51.2 Å². The lowest BCUT2D eigenvalue weighted by molar-refractivity contribution is 0.520. The maximum Gasteiger partial charge on any atom is 0.260 e. The second kappa shape index (κ2) is 5.05. The molecule has 5 heteroatoms. The van der Waals surface area contributed by atoms with E-state index >= 15 is 0 Å². The quantitative estimate of drug-likeness (QED) is 0.924. The van der Waals surface area contributed by atoms with Gasteiger partial charge in [-0.1, -0.05) is 0 Å². The van der Waals surface area contributed by atoms with Gasteiger partial charge >= 0.3 is 0 Å². The zero-order valence-corrected chi connectivity index (χ0v) is 12.7. The third kappa shape index (κ3) is 2.16. The normalized spacial score (nSPS) is 14.6. The first-order chi connectivity index (χ1) is 9.58. The number of nitrogens with two attached hydrogens (primary N) is 1. The van der Waals surface area contributed by atoms with Crippen LogP contribution < -0.4 is 11.3 Å². The number of aromatic nitrogens is 2. The predicted molar refractivity (Wildman–Crippen MR) is 83.2 cm³/mol. The highest BCUT2D eigenvalue weighted by atomic mass is 32.1. The molecule has 0 atom stereocenters. The van der Waals surface area contributed by atoms with Crippen LogP contribution >= 0.6 is 11.3 Å². The smallest absolute Gasteiger partial charge is 0.260 e. The second-order valence-electron chi connectivity index (χ2n) is 5.58. The minimum absolute atomic E-state index is 0.0611. The molecule has 0 saturated heterocycles. The molecule has 0 radical (unpaired) electrons. The van der Waals surface area contributed by atoms with Crippen molar-refractivity contribution in [3.8, 4) is 11.3 Å². The monoisotopic (exact) mass is 289 g/mol. The third-order valence-corrected chi connectivity index (χ3v) is 4.53. The molecule has 0 aliphatic heterocycles. The molecule has 20 heavy (non-hydrogen) atoms. The van der Waals surface area contributed by atoms with E-state index in [1.807, 2.05) is 16.0 Å². The molecule has 0 unspecified atom stereocenters. The Labute approximate surface area is 122 Å². The van der Waals surface area contributed by atoms with Crippen LogP contribution in [-0.2, 0) is 12.8 Å². The maximum absolute atomic E-state index is 12.8. The van der Waals surface area contributed by atoms with E-state index in [2.05, 4.69) is 18.8 Å². The molecule has 0 aromatic carbocycles. The zero-order valence-electron chi connectivity index (χ0n) is 11.8. The van der Waals surface area contributed by atoms with Crippen LogP contribution in [0.15, 0.2) is 16.2 Å². The first-order valence-electron chi connectivity index (χ1n) is 7.06. The van der Waals surface area contributed by atoms with Gasteiger partial charge in [0.2, 0.25) is 0 Å². The fourth-order valence-corrected chi connectivity index (χ4v) is 3.54. The van der Waals surface area contributed by atoms with Crippen molar-refractivity contribution in [3.05, 3.63) is 33.1 Å². The lowest BCUT2D eigenvalue weighted by Crippen LogP contribution is -2.29. The molecule has 2 aromatic heterocycles. The molecule has 0 spiro atoms. The summed E-state index contributed by atoms with van der Waals surface area (Å²) in [5.74, 6) is 0. The van der Waals surface area contributed by atoms with Gasteiger partial charge in [-0.3, -0.25) is 4.79 Å². The molecule has 3 rings (SSSR count). The van der Waals surface area contributed by atoms with Crippen molar-refractivity contribution < 1.29 is 0 Å². The molecule has 1 aliphatic carbocycles. The summed E-state index contributed by atoms with van der Waals surface area (Å²) in [5.41, 5.74) is 9.67. The molecule has 1 aliphatic rings. The fourth-order valence-electron chi connectivity index (χ4n) is 2.97. The van der Waals surface area contributed by atoms with E-state index in [0.717, 1.165) is 12.8 Å². The number of hydrogen-bond acceptors (Lipinski definition) is 4. The van der Waals surface area contributed by atoms with Gasteiger partial charge in [-0.15, -0.1) is 11.3 Å². The summed E-state index contributed by atoms with van der Waals surface area (Å²) in [6, 6.07) is 2.20. The summed E-state index contributed by atoms with van der Waals surface area (Å²) in [6.45, 7) is 4.13. The number of thiazole rings is 1. The van der Waals surface area contributed by atoms with Crippen molar-refractivity contribution in [2.75, 3.05) is 5.73 Å². The van der Waals surface area contributed by atoms with E-state index < -0.39 is 0 Å². The number of anilines is 1. The van der Waals surface area contributed by atoms with E-state index in [-0.39, 0.29) is 11.6 Å². The van der Waals surface area contributed by atoms with Gasteiger partial charge < -0.3 is 10.3 Å². The van der Waals surface area contributed by atoms with E-state index in [0.29, 0.717) is 16.4 Å². The van der Waals surface area contributed by atoms with Crippen molar-refractivity contribution in [2.24, 2.45) is 0 Å². The topological polar surface area (TPSA) is 60.9 Å². The lowest BCUT2D eigenvalue weighted by Gasteiger charge is -2.24. The second-order valence-corrected chi connectivity index (χ2v) is 6.47. The fraction of sp³-hybridized carbons (Fsp3) is 0.467. The first-order valence-corrected chi connectivity index (χ1v) is 7.94. The zero-order chi connectivity index (χ0) is 14.3. The van der Waals surface area contributed by atoms with Gasteiger partial charge in [0.1, 0.15) is 0 Å². The molecule has 2 heterocycles. The number of hydrogen-bond donors (Lipinski definition) is 1. The van der Waals surface area contributed by atoms with Crippen molar-refractivity contribution in [1.29, 1.82) is 0 Å². The Hall–Kier alpha value is -1.62.